The van der Waals surface area contributed by atoms with Gasteiger partial charge in [-0.1, -0.05) is 35.3 Å². The quantitative estimate of drug-likeness (QED) is 0.616. The van der Waals surface area contributed by atoms with E-state index in [4.69, 9.17) is 27.9 Å². The van der Waals surface area contributed by atoms with Crippen molar-refractivity contribution in [2.45, 2.75) is 39.7 Å². The fraction of sp³-hybridized carbons (Fsp3) is 0.375. The molecule has 1 saturated heterocycles. The Morgan fingerprint density at radius 1 is 1.09 bits per heavy atom. The van der Waals surface area contributed by atoms with Gasteiger partial charge in [-0.3, -0.25) is 25.2 Å². The fourth-order valence-corrected chi connectivity index (χ4v) is 3.91. The molecule has 1 heterocycles. The Kier molecular flexibility index (Phi) is 8.21. The standard InChI is InChI=1S/C24H27Cl2N3O4/c1-14-6-4-8-21(15(14)2)33-16(3)22(30)27-28-23(31)18-7-5-11-29(13-18)24(32)17-9-10-19(25)20(26)12-17/h4,6,8-10,12,16,18H,5,7,11,13H2,1-3H3,(H,27,30)(H,28,31). The van der Waals surface area contributed by atoms with Crippen LogP contribution in [0.25, 0.3) is 0 Å². The number of aryl methyl sites for hydroxylation is 1. The van der Waals surface area contributed by atoms with Crippen LogP contribution in [0.4, 0.5) is 0 Å². The number of hydrazine groups is 1. The molecule has 2 unspecified atom stereocenters. The average Bonchev–Trinajstić information content (AvgIpc) is 2.81. The lowest BCUT2D eigenvalue weighted by atomic mass is 9.96. The zero-order valence-corrected chi connectivity index (χ0v) is 20.3. The van der Waals surface area contributed by atoms with Crippen molar-refractivity contribution in [2.75, 3.05) is 13.1 Å². The van der Waals surface area contributed by atoms with E-state index in [-0.39, 0.29) is 18.4 Å². The first-order valence-corrected chi connectivity index (χ1v) is 11.5. The molecule has 0 aliphatic carbocycles. The third-order valence-electron chi connectivity index (χ3n) is 5.78. The van der Waals surface area contributed by atoms with E-state index in [2.05, 4.69) is 10.9 Å². The lowest BCUT2D eigenvalue weighted by molar-refractivity contribution is -0.135. The molecular weight excluding hydrogens is 465 g/mol. The Balaban J connectivity index is 1.53. The van der Waals surface area contributed by atoms with Gasteiger partial charge in [0.15, 0.2) is 6.10 Å². The highest BCUT2D eigenvalue weighted by atomic mass is 35.5. The van der Waals surface area contributed by atoms with Crippen LogP contribution in [0.3, 0.4) is 0 Å². The van der Waals surface area contributed by atoms with Crippen molar-refractivity contribution in [3.8, 4) is 5.75 Å². The summed E-state index contributed by atoms with van der Waals surface area (Å²) in [7, 11) is 0. The smallest absolute Gasteiger partial charge is 0.279 e. The Morgan fingerprint density at radius 3 is 2.58 bits per heavy atom. The molecule has 0 spiro atoms. The Hall–Kier alpha value is -2.77. The largest absolute Gasteiger partial charge is 0.481 e. The van der Waals surface area contributed by atoms with Crippen molar-refractivity contribution in [3.05, 3.63) is 63.1 Å². The molecule has 9 heteroatoms. The molecule has 2 aromatic carbocycles. The van der Waals surface area contributed by atoms with Crippen molar-refractivity contribution < 1.29 is 19.1 Å². The summed E-state index contributed by atoms with van der Waals surface area (Å²) in [6.45, 7) is 6.28. The predicted molar refractivity (Wildman–Crippen MR) is 127 cm³/mol. The van der Waals surface area contributed by atoms with Crippen LogP contribution in [-0.2, 0) is 9.59 Å². The van der Waals surface area contributed by atoms with Gasteiger partial charge in [0.05, 0.1) is 16.0 Å². The predicted octanol–water partition coefficient (Wildman–Crippen LogP) is 4.08. The molecule has 3 amide bonds. The third kappa shape index (κ3) is 6.18. The number of hydrogen-bond acceptors (Lipinski definition) is 4. The first kappa shape index (κ1) is 24.9. The number of nitrogens with one attached hydrogen (secondary N) is 2. The SMILES string of the molecule is Cc1cccc(OC(C)C(=O)NNC(=O)C2CCCN(C(=O)c3ccc(Cl)c(Cl)c3)C2)c1C. The van der Waals surface area contributed by atoms with Gasteiger partial charge in [-0.25, -0.2) is 0 Å². The van der Waals surface area contributed by atoms with Crippen molar-refractivity contribution in [2.24, 2.45) is 5.92 Å². The van der Waals surface area contributed by atoms with Crippen molar-refractivity contribution in [1.29, 1.82) is 0 Å². The van der Waals surface area contributed by atoms with Crippen LogP contribution in [0, 0.1) is 19.8 Å². The first-order chi connectivity index (χ1) is 15.7. The number of benzene rings is 2. The van der Waals surface area contributed by atoms with Gasteiger partial charge >= 0.3 is 0 Å². The molecule has 1 fully saturated rings. The maximum Gasteiger partial charge on any atom is 0.279 e. The topological polar surface area (TPSA) is 87.7 Å². The van der Waals surface area contributed by atoms with Crippen LogP contribution in [0.1, 0.15) is 41.3 Å². The van der Waals surface area contributed by atoms with Crippen LogP contribution >= 0.6 is 23.2 Å². The number of amides is 3. The summed E-state index contributed by atoms with van der Waals surface area (Å²) in [6, 6.07) is 10.3. The van der Waals surface area contributed by atoms with Gasteiger partial charge in [-0.2, -0.15) is 0 Å². The van der Waals surface area contributed by atoms with Gasteiger partial charge in [-0.05, 0) is 69.0 Å². The average molecular weight is 492 g/mol. The summed E-state index contributed by atoms with van der Waals surface area (Å²) in [5.74, 6) is -0.864. The van der Waals surface area contributed by atoms with Gasteiger partial charge in [0.2, 0.25) is 5.91 Å². The zero-order chi connectivity index (χ0) is 24.1. The molecule has 2 atom stereocenters. The lowest BCUT2D eigenvalue weighted by Crippen LogP contribution is -2.52. The molecule has 3 rings (SSSR count). The molecule has 7 nitrogen and oxygen atoms in total. The number of likely N-dealkylation sites (tertiary alicyclic amines) is 1. The van der Waals surface area contributed by atoms with E-state index in [1.165, 1.54) is 6.07 Å². The molecule has 0 aromatic heterocycles. The van der Waals surface area contributed by atoms with E-state index < -0.39 is 17.9 Å². The van der Waals surface area contributed by atoms with Crippen LogP contribution in [0.15, 0.2) is 36.4 Å². The first-order valence-electron chi connectivity index (χ1n) is 10.7. The number of piperidine rings is 1. The Morgan fingerprint density at radius 2 is 1.85 bits per heavy atom. The summed E-state index contributed by atoms with van der Waals surface area (Å²) < 4.78 is 5.74. The summed E-state index contributed by atoms with van der Waals surface area (Å²) in [4.78, 5) is 39.5. The molecule has 1 aliphatic rings. The minimum Gasteiger partial charge on any atom is -0.481 e. The lowest BCUT2D eigenvalue weighted by Gasteiger charge is -2.32. The summed E-state index contributed by atoms with van der Waals surface area (Å²) in [6.07, 6.45) is 0.483. The second kappa shape index (κ2) is 10.9. The van der Waals surface area contributed by atoms with E-state index in [0.717, 1.165) is 11.1 Å². The number of rotatable bonds is 5. The molecule has 33 heavy (non-hydrogen) atoms. The zero-order valence-electron chi connectivity index (χ0n) is 18.8. The van der Waals surface area contributed by atoms with Crippen LogP contribution in [-0.4, -0.2) is 41.8 Å². The normalized spacial score (nSPS) is 16.6. The molecule has 176 valence electrons. The monoisotopic (exact) mass is 491 g/mol. The van der Waals surface area contributed by atoms with Crippen LogP contribution in [0.2, 0.25) is 10.0 Å². The molecule has 0 saturated carbocycles. The molecule has 1 aliphatic heterocycles. The highest BCUT2D eigenvalue weighted by molar-refractivity contribution is 6.42. The van der Waals surface area contributed by atoms with Crippen molar-refractivity contribution in [1.82, 2.24) is 15.8 Å². The molecule has 2 N–H and O–H groups in total. The minimum absolute atomic E-state index is 0.217. The highest BCUT2D eigenvalue weighted by Crippen LogP contribution is 2.25. The number of ether oxygens (including phenoxy) is 1. The van der Waals surface area contributed by atoms with E-state index >= 15 is 0 Å². The van der Waals surface area contributed by atoms with Gasteiger partial charge in [0.25, 0.3) is 11.8 Å². The van der Waals surface area contributed by atoms with Crippen LogP contribution in [0.5, 0.6) is 5.75 Å². The second-order valence-corrected chi connectivity index (χ2v) is 8.97. The molecule has 2 aromatic rings. The second-order valence-electron chi connectivity index (χ2n) is 8.16. The van der Waals surface area contributed by atoms with E-state index in [1.54, 1.807) is 30.0 Å². The van der Waals surface area contributed by atoms with E-state index in [1.807, 2.05) is 26.0 Å². The van der Waals surface area contributed by atoms with Crippen molar-refractivity contribution >= 4 is 40.9 Å². The van der Waals surface area contributed by atoms with E-state index in [9.17, 15) is 14.4 Å². The molecule has 0 radical (unpaired) electrons. The van der Waals surface area contributed by atoms with E-state index in [0.29, 0.717) is 40.7 Å². The Labute approximate surface area is 203 Å². The Bertz CT molecular complexity index is 1060. The van der Waals surface area contributed by atoms with Crippen molar-refractivity contribution in [3.63, 3.8) is 0 Å². The fourth-order valence-electron chi connectivity index (χ4n) is 3.61. The molecule has 0 bridgehead atoms. The highest BCUT2D eigenvalue weighted by Gasteiger charge is 2.29. The minimum atomic E-state index is -0.801. The maximum atomic E-state index is 12.8. The number of nitrogens with zero attached hydrogens (tertiary/aromatic N) is 1. The summed E-state index contributed by atoms with van der Waals surface area (Å²) >= 11 is 11.9. The molecular formula is C24H27Cl2N3O4. The number of hydrogen-bond donors (Lipinski definition) is 2. The van der Waals surface area contributed by atoms with Gasteiger partial charge < -0.3 is 9.64 Å². The van der Waals surface area contributed by atoms with Gasteiger partial charge in [0, 0.05) is 18.7 Å². The number of carbonyl (C=O) groups is 3. The number of halogens is 2. The summed E-state index contributed by atoms with van der Waals surface area (Å²) in [5, 5.41) is 0.671. The maximum absolute atomic E-state index is 12.8. The van der Waals surface area contributed by atoms with Crippen LogP contribution < -0.4 is 15.6 Å². The third-order valence-corrected chi connectivity index (χ3v) is 6.52. The number of carbonyl (C=O) groups excluding carboxylic acids is 3. The van der Waals surface area contributed by atoms with Gasteiger partial charge in [0.1, 0.15) is 5.75 Å². The summed E-state index contributed by atoms with van der Waals surface area (Å²) in [5.41, 5.74) is 7.32. The van der Waals surface area contributed by atoms with Gasteiger partial charge in [-0.15, -0.1) is 0 Å².